The van der Waals surface area contributed by atoms with Crippen molar-refractivity contribution in [1.29, 1.82) is 0 Å². The van der Waals surface area contributed by atoms with Crippen molar-refractivity contribution in [3.05, 3.63) is 76.5 Å². The van der Waals surface area contributed by atoms with Gasteiger partial charge in [-0.1, -0.05) is 24.6 Å². The van der Waals surface area contributed by atoms with E-state index >= 15 is 8.78 Å². The molecule has 53 heavy (non-hydrogen) atoms. The van der Waals surface area contributed by atoms with E-state index in [1.165, 1.54) is 71.0 Å². The topological polar surface area (TPSA) is 119 Å². The molecule has 0 saturated carbocycles. The van der Waals surface area contributed by atoms with Gasteiger partial charge in [0.15, 0.2) is 17.5 Å². The van der Waals surface area contributed by atoms with Crippen molar-refractivity contribution in [2.75, 3.05) is 65.9 Å². The Hall–Kier alpha value is -4.73. The molecule has 4 aromatic rings. The number of imidazole rings is 1. The number of benzene rings is 2. The van der Waals surface area contributed by atoms with Crippen LogP contribution in [0.15, 0.2) is 42.7 Å². The Balaban J connectivity index is 1.24. The molecule has 1 saturated heterocycles. The quantitative estimate of drug-likeness (QED) is 0.200. The molecule has 3 amide bonds. The predicted octanol–water partition coefficient (Wildman–Crippen LogP) is 4.10. The number of hydrogen-bond acceptors (Lipinski definition) is 6. The summed E-state index contributed by atoms with van der Waals surface area (Å²) in [6.45, 7) is 4.20. The molecule has 1 aliphatic rings. The Bertz CT molecular complexity index is 1960. The summed E-state index contributed by atoms with van der Waals surface area (Å²) in [6, 6.07) is 7.18. The number of hydrogen-bond donors (Lipinski definition) is 2. The van der Waals surface area contributed by atoms with Gasteiger partial charge in [-0.05, 0) is 30.7 Å². The monoisotopic (exact) mass is 757 g/mol. The van der Waals surface area contributed by atoms with Crippen LogP contribution in [0.1, 0.15) is 46.4 Å². The SMILES string of the molecule is CCC(CC[NH+](C)C)C(=O)N1CCN(C(=O)c2ccc(NC(=O)c3ncc(-c4ccc(-c5cn(CCOC)nc5CF)c(F)c4F)n3C)cc2Cl)CC1. The van der Waals surface area contributed by atoms with Gasteiger partial charge in [-0.25, -0.2) is 18.2 Å². The molecule has 1 atom stereocenters. The second-order valence-electron chi connectivity index (χ2n) is 13.3. The number of anilines is 1. The summed E-state index contributed by atoms with van der Waals surface area (Å²) >= 11 is 6.53. The van der Waals surface area contributed by atoms with Crippen LogP contribution in [0, 0.1) is 17.6 Å². The van der Waals surface area contributed by atoms with Crippen molar-refractivity contribution >= 4 is 35.0 Å². The number of carbonyl (C=O) groups excluding carboxylic acids is 3. The number of amides is 3. The molecule has 2 aromatic heterocycles. The van der Waals surface area contributed by atoms with Gasteiger partial charge in [-0.3, -0.25) is 19.1 Å². The third-order valence-corrected chi connectivity index (χ3v) is 9.81. The minimum absolute atomic E-state index is 0.0348. The Labute approximate surface area is 311 Å². The lowest BCUT2D eigenvalue weighted by molar-refractivity contribution is -0.858. The molecule has 0 radical (unpaired) electrons. The third-order valence-electron chi connectivity index (χ3n) is 9.50. The number of piperazine rings is 1. The number of aromatic nitrogens is 4. The zero-order chi connectivity index (χ0) is 38.4. The number of ether oxygens (including phenoxy) is 1. The number of nitrogens with one attached hydrogen (secondary N) is 2. The molecule has 1 unspecified atom stereocenters. The Morgan fingerprint density at radius 3 is 2.34 bits per heavy atom. The summed E-state index contributed by atoms with van der Waals surface area (Å²) in [4.78, 5) is 48.7. The molecule has 0 aliphatic carbocycles. The molecule has 2 aromatic carbocycles. The van der Waals surface area contributed by atoms with Crippen LogP contribution in [-0.4, -0.2) is 107 Å². The van der Waals surface area contributed by atoms with Crippen LogP contribution in [-0.2, 0) is 29.8 Å². The molecule has 0 spiro atoms. The highest BCUT2D eigenvalue weighted by molar-refractivity contribution is 6.34. The van der Waals surface area contributed by atoms with E-state index in [2.05, 4.69) is 29.5 Å². The van der Waals surface area contributed by atoms with Gasteiger partial charge in [0, 0.05) is 81.2 Å². The van der Waals surface area contributed by atoms with Gasteiger partial charge in [0.2, 0.25) is 5.91 Å². The van der Waals surface area contributed by atoms with Crippen molar-refractivity contribution in [3.63, 3.8) is 0 Å². The molecule has 284 valence electrons. The minimum Gasteiger partial charge on any atom is -0.383 e. The Morgan fingerprint density at radius 2 is 1.70 bits per heavy atom. The second-order valence-corrected chi connectivity index (χ2v) is 13.7. The lowest BCUT2D eigenvalue weighted by atomic mass is 10.00. The molecule has 1 aliphatic heterocycles. The minimum atomic E-state index is -1.20. The molecule has 16 heteroatoms. The highest BCUT2D eigenvalue weighted by Crippen LogP contribution is 2.33. The number of rotatable bonds is 14. The standard InChI is InChI=1S/C37H44ClF3N8O4/c1-6-23(11-12-45(2)3)36(51)47-13-15-48(16-14-47)37(52)26-8-7-24(19-29(26)38)43-35(50)34-42-21-31(46(34)4)27-10-9-25(32(40)33(27)41)28-22-49(17-18-53-5)44-30(28)20-39/h7-10,19,21-23H,6,11-18,20H2,1-5H3,(H,43,50)/p+1. The third kappa shape index (κ3) is 8.74. The van der Waals surface area contributed by atoms with Gasteiger partial charge in [-0.2, -0.15) is 5.10 Å². The molecule has 12 nitrogen and oxygen atoms in total. The maximum atomic E-state index is 15.5. The lowest BCUT2D eigenvalue weighted by Crippen LogP contribution is -3.05. The highest BCUT2D eigenvalue weighted by atomic mass is 35.5. The van der Waals surface area contributed by atoms with E-state index < -0.39 is 24.2 Å². The van der Waals surface area contributed by atoms with Gasteiger partial charge < -0.3 is 29.3 Å². The first kappa shape index (κ1) is 39.5. The maximum Gasteiger partial charge on any atom is 0.291 e. The van der Waals surface area contributed by atoms with Crippen molar-refractivity contribution in [1.82, 2.24) is 29.1 Å². The van der Waals surface area contributed by atoms with Crippen LogP contribution in [0.4, 0.5) is 18.9 Å². The number of methoxy groups -OCH3 is 1. The van der Waals surface area contributed by atoms with Crippen molar-refractivity contribution in [2.24, 2.45) is 13.0 Å². The first-order valence-corrected chi connectivity index (χ1v) is 17.9. The smallest absolute Gasteiger partial charge is 0.291 e. The van der Waals surface area contributed by atoms with E-state index in [0.717, 1.165) is 19.4 Å². The highest BCUT2D eigenvalue weighted by Gasteiger charge is 2.30. The molecular weight excluding hydrogens is 713 g/mol. The van der Waals surface area contributed by atoms with Crippen LogP contribution >= 0.6 is 11.6 Å². The second kappa shape index (κ2) is 17.4. The van der Waals surface area contributed by atoms with Crippen LogP contribution < -0.4 is 10.2 Å². The molecule has 2 N–H and O–H groups in total. The first-order valence-electron chi connectivity index (χ1n) is 17.5. The number of carbonyl (C=O) groups is 3. The summed E-state index contributed by atoms with van der Waals surface area (Å²) in [5.41, 5.74) is 0.447. The lowest BCUT2D eigenvalue weighted by Gasteiger charge is -2.36. The zero-order valence-corrected chi connectivity index (χ0v) is 31.3. The Kier molecular flexibility index (Phi) is 13.0. The van der Waals surface area contributed by atoms with E-state index in [4.69, 9.17) is 16.3 Å². The van der Waals surface area contributed by atoms with Crippen LogP contribution in [0.25, 0.3) is 22.4 Å². The van der Waals surface area contributed by atoms with Gasteiger partial charge in [0.05, 0.1) is 56.3 Å². The van der Waals surface area contributed by atoms with Crippen molar-refractivity contribution < 1.29 is 37.2 Å². The first-order chi connectivity index (χ1) is 25.4. The number of nitrogens with zero attached hydrogens (tertiary/aromatic N) is 6. The fourth-order valence-corrected chi connectivity index (χ4v) is 6.65. The summed E-state index contributed by atoms with van der Waals surface area (Å²) in [7, 11) is 7.12. The van der Waals surface area contributed by atoms with Gasteiger partial charge in [0.1, 0.15) is 12.4 Å². The largest absolute Gasteiger partial charge is 0.383 e. The van der Waals surface area contributed by atoms with Crippen LogP contribution in [0.5, 0.6) is 0 Å². The average molecular weight is 758 g/mol. The molecular formula is C37H45ClF3N8O4+. The fourth-order valence-electron chi connectivity index (χ4n) is 6.39. The van der Waals surface area contributed by atoms with Crippen molar-refractivity contribution in [2.45, 2.75) is 33.0 Å². The van der Waals surface area contributed by atoms with Gasteiger partial charge in [0.25, 0.3) is 11.8 Å². The zero-order valence-electron chi connectivity index (χ0n) is 30.5. The van der Waals surface area contributed by atoms with Crippen LogP contribution in [0.2, 0.25) is 5.02 Å². The number of quaternary nitrogens is 1. The number of halogens is 4. The van der Waals surface area contributed by atoms with E-state index in [0.29, 0.717) is 39.3 Å². The maximum absolute atomic E-state index is 15.5. The molecule has 3 heterocycles. The molecule has 1 fully saturated rings. The van der Waals surface area contributed by atoms with E-state index in [1.54, 1.807) is 4.90 Å². The van der Waals surface area contributed by atoms with E-state index in [9.17, 15) is 18.8 Å². The van der Waals surface area contributed by atoms with Gasteiger partial charge in [-0.15, -0.1) is 0 Å². The predicted molar refractivity (Wildman–Crippen MR) is 194 cm³/mol. The number of alkyl halides is 1. The van der Waals surface area contributed by atoms with E-state index in [1.807, 2.05) is 11.8 Å². The summed E-state index contributed by atoms with van der Waals surface area (Å²) in [6.07, 6.45) is 4.27. The summed E-state index contributed by atoms with van der Waals surface area (Å²) in [5.74, 6) is -3.33. The normalized spacial score (nSPS) is 13.8. The van der Waals surface area contributed by atoms with Gasteiger partial charge >= 0.3 is 0 Å². The van der Waals surface area contributed by atoms with E-state index in [-0.39, 0.29) is 67.9 Å². The summed E-state index contributed by atoms with van der Waals surface area (Å²) < 4.78 is 52.4. The van der Waals surface area contributed by atoms with Crippen LogP contribution in [0.3, 0.4) is 0 Å². The average Bonchev–Trinajstić information content (AvgIpc) is 3.74. The Morgan fingerprint density at radius 1 is 1.02 bits per heavy atom. The van der Waals surface area contributed by atoms with Crippen molar-refractivity contribution in [3.8, 4) is 22.4 Å². The fraction of sp³-hybridized carbons (Fsp3) is 0.432. The molecule has 5 rings (SSSR count). The summed E-state index contributed by atoms with van der Waals surface area (Å²) in [5, 5.41) is 6.92. The molecule has 0 bridgehead atoms.